The van der Waals surface area contributed by atoms with Gasteiger partial charge in [-0.15, -0.1) is 0 Å². The lowest BCUT2D eigenvalue weighted by Gasteiger charge is -2.28. The zero-order chi connectivity index (χ0) is 18.6. The fourth-order valence-corrected chi connectivity index (χ4v) is 2.52. The second kappa shape index (κ2) is 7.43. The molecule has 0 spiro atoms. The van der Waals surface area contributed by atoms with Crippen LogP contribution in [0.25, 0.3) is 0 Å². The number of rotatable bonds is 6. The predicted molar refractivity (Wildman–Crippen MR) is 92.6 cm³/mol. The number of carbonyl (C=O) groups excluding carboxylic acids is 2. The summed E-state index contributed by atoms with van der Waals surface area (Å²) in [6.45, 7) is 0. The number of non-ortho nitro benzene ring substituents is 1. The molecule has 4 N–H and O–H groups in total. The number of primary amides is 1. The van der Waals surface area contributed by atoms with Crippen molar-refractivity contribution in [2.24, 2.45) is 5.73 Å². The Bertz CT molecular complexity index is 808. The number of hydrogen-bond acceptors (Lipinski definition) is 5. The molecule has 2 aromatic rings. The van der Waals surface area contributed by atoms with E-state index in [4.69, 9.17) is 11.5 Å². The fourth-order valence-electron chi connectivity index (χ4n) is 2.52. The van der Waals surface area contributed by atoms with Crippen molar-refractivity contribution in [2.75, 3.05) is 12.8 Å². The zero-order valence-electron chi connectivity index (χ0n) is 13.6. The Balaban J connectivity index is 2.40. The number of carbonyl (C=O) groups is 2. The molecule has 8 heteroatoms. The first-order valence-electron chi connectivity index (χ1n) is 7.45. The Labute approximate surface area is 144 Å². The van der Waals surface area contributed by atoms with E-state index in [1.807, 2.05) is 6.07 Å². The maximum atomic E-state index is 12.8. The standard InChI is InChI=1S/C17H18N4O4/c1-20(15(10-16(19)22)11-5-3-2-4-6-11)17(23)13-9-12(21(24)25)7-8-14(13)18/h2-9,15H,10,18H2,1H3,(H2,19,22). The average molecular weight is 342 g/mol. The van der Waals surface area contributed by atoms with Crippen LogP contribution in [0.4, 0.5) is 11.4 Å². The maximum Gasteiger partial charge on any atom is 0.270 e. The Kier molecular flexibility index (Phi) is 5.33. The highest BCUT2D eigenvalue weighted by Crippen LogP contribution is 2.27. The topological polar surface area (TPSA) is 133 Å². The van der Waals surface area contributed by atoms with Crippen molar-refractivity contribution in [1.82, 2.24) is 4.90 Å². The summed E-state index contributed by atoms with van der Waals surface area (Å²) < 4.78 is 0. The molecule has 130 valence electrons. The molecule has 0 saturated heterocycles. The van der Waals surface area contributed by atoms with Gasteiger partial charge >= 0.3 is 0 Å². The number of nitrogen functional groups attached to an aromatic ring is 1. The molecular weight excluding hydrogens is 324 g/mol. The van der Waals surface area contributed by atoms with Crippen molar-refractivity contribution < 1.29 is 14.5 Å². The highest BCUT2D eigenvalue weighted by atomic mass is 16.6. The molecule has 0 saturated carbocycles. The fraction of sp³-hybridized carbons (Fsp3) is 0.176. The van der Waals surface area contributed by atoms with Crippen molar-refractivity contribution in [3.05, 3.63) is 69.8 Å². The van der Waals surface area contributed by atoms with Crippen LogP contribution >= 0.6 is 0 Å². The monoisotopic (exact) mass is 342 g/mol. The molecule has 2 aromatic carbocycles. The van der Waals surface area contributed by atoms with Crippen molar-refractivity contribution in [3.63, 3.8) is 0 Å². The third kappa shape index (κ3) is 4.11. The van der Waals surface area contributed by atoms with E-state index >= 15 is 0 Å². The summed E-state index contributed by atoms with van der Waals surface area (Å²) in [6, 6.07) is 12.0. The van der Waals surface area contributed by atoms with Gasteiger partial charge in [-0.05, 0) is 11.6 Å². The summed E-state index contributed by atoms with van der Waals surface area (Å²) in [5.74, 6) is -1.10. The second-order valence-corrected chi connectivity index (χ2v) is 5.54. The van der Waals surface area contributed by atoms with Gasteiger partial charge in [0.15, 0.2) is 0 Å². The van der Waals surface area contributed by atoms with Crippen LogP contribution in [0.3, 0.4) is 0 Å². The Morgan fingerprint density at radius 3 is 2.40 bits per heavy atom. The van der Waals surface area contributed by atoms with Gasteiger partial charge in [-0.2, -0.15) is 0 Å². The van der Waals surface area contributed by atoms with Gasteiger partial charge in [0.2, 0.25) is 5.91 Å². The first-order valence-corrected chi connectivity index (χ1v) is 7.45. The van der Waals surface area contributed by atoms with E-state index in [-0.39, 0.29) is 23.4 Å². The Morgan fingerprint density at radius 1 is 1.20 bits per heavy atom. The minimum absolute atomic E-state index is 0.00195. The van der Waals surface area contributed by atoms with Crippen LogP contribution in [0.2, 0.25) is 0 Å². The van der Waals surface area contributed by atoms with Crippen molar-refractivity contribution in [3.8, 4) is 0 Å². The molecule has 0 aliphatic heterocycles. The maximum absolute atomic E-state index is 12.8. The molecule has 25 heavy (non-hydrogen) atoms. The van der Waals surface area contributed by atoms with E-state index in [1.165, 1.54) is 24.1 Å². The number of nitrogens with two attached hydrogens (primary N) is 2. The van der Waals surface area contributed by atoms with Crippen molar-refractivity contribution in [1.29, 1.82) is 0 Å². The van der Waals surface area contributed by atoms with Gasteiger partial charge in [-0.25, -0.2) is 0 Å². The van der Waals surface area contributed by atoms with Crippen molar-refractivity contribution in [2.45, 2.75) is 12.5 Å². The summed E-state index contributed by atoms with van der Waals surface area (Å²) in [4.78, 5) is 35.9. The molecule has 0 heterocycles. The molecule has 8 nitrogen and oxygen atoms in total. The normalized spacial score (nSPS) is 11.6. The highest BCUT2D eigenvalue weighted by Gasteiger charge is 2.26. The Morgan fingerprint density at radius 2 is 1.84 bits per heavy atom. The van der Waals surface area contributed by atoms with E-state index in [0.29, 0.717) is 0 Å². The van der Waals surface area contributed by atoms with Gasteiger partial charge < -0.3 is 16.4 Å². The average Bonchev–Trinajstić information content (AvgIpc) is 2.59. The molecule has 0 radical (unpaired) electrons. The second-order valence-electron chi connectivity index (χ2n) is 5.54. The predicted octanol–water partition coefficient (Wildman–Crippen LogP) is 1.87. The highest BCUT2D eigenvalue weighted by molar-refractivity contribution is 6.00. The number of benzene rings is 2. The minimum atomic E-state index is -0.607. The smallest absolute Gasteiger partial charge is 0.270 e. The van der Waals surface area contributed by atoms with Gasteiger partial charge in [-0.1, -0.05) is 30.3 Å². The van der Waals surface area contributed by atoms with E-state index in [0.717, 1.165) is 11.6 Å². The van der Waals surface area contributed by atoms with Crippen LogP contribution in [-0.2, 0) is 4.79 Å². The van der Waals surface area contributed by atoms with Gasteiger partial charge in [0, 0.05) is 24.9 Å². The zero-order valence-corrected chi connectivity index (χ0v) is 13.6. The molecule has 0 bridgehead atoms. The van der Waals surface area contributed by atoms with Crippen LogP contribution in [0, 0.1) is 10.1 Å². The third-order valence-electron chi connectivity index (χ3n) is 3.84. The molecule has 1 unspecified atom stereocenters. The lowest BCUT2D eigenvalue weighted by atomic mass is 10.0. The minimum Gasteiger partial charge on any atom is -0.398 e. The third-order valence-corrected chi connectivity index (χ3v) is 3.84. The van der Waals surface area contributed by atoms with Gasteiger partial charge in [0.05, 0.1) is 22.9 Å². The van der Waals surface area contributed by atoms with E-state index in [2.05, 4.69) is 0 Å². The number of hydrogen-bond donors (Lipinski definition) is 2. The van der Waals surface area contributed by atoms with Crippen LogP contribution in [0.1, 0.15) is 28.4 Å². The molecule has 2 rings (SSSR count). The number of nitro benzene ring substituents is 1. The van der Waals surface area contributed by atoms with Crippen LogP contribution < -0.4 is 11.5 Å². The van der Waals surface area contributed by atoms with Gasteiger partial charge in [-0.3, -0.25) is 19.7 Å². The number of nitrogens with zero attached hydrogens (tertiary/aromatic N) is 2. The SMILES string of the molecule is CN(C(=O)c1cc([N+](=O)[O-])ccc1N)C(CC(N)=O)c1ccccc1. The number of amides is 2. The molecule has 0 fully saturated rings. The molecular formula is C17H18N4O4. The Hall–Kier alpha value is -3.42. The molecule has 0 aliphatic rings. The molecule has 0 aromatic heterocycles. The lowest BCUT2D eigenvalue weighted by Crippen LogP contribution is -2.34. The van der Waals surface area contributed by atoms with Crippen molar-refractivity contribution >= 4 is 23.2 Å². The van der Waals surface area contributed by atoms with Crippen LogP contribution in [-0.4, -0.2) is 28.7 Å². The lowest BCUT2D eigenvalue weighted by molar-refractivity contribution is -0.384. The van der Waals surface area contributed by atoms with Crippen LogP contribution in [0.15, 0.2) is 48.5 Å². The molecule has 0 aliphatic carbocycles. The largest absolute Gasteiger partial charge is 0.398 e. The van der Waals surface area contributed by atoms with Gasteiger partial charge in [0.25, 0.3) is 11.6 Å². The van der Waals surface area contributed by atoms with Gasteiger partial charge in [0.1, 0.15) is 0 Å². The first kappa shape index (κ1) is 17.9. The summed E-state index contributed by atoms with van der Waals surface area (Å²) in [7, 11) is 1.50. The number of nitro groups is 1. The van der Waals surface area contributed by atoms with E-state index in [9.17, 15) is 19.7 Å². The summed E-state index contributed by atoms with van der Waals surface area (Å²) in [5.41, 5.74) is 11.7. The number of anilines is 1. The first-order chi connectivity index (χ1) is 11.8. The van der Waals surface area contributed by atoms with E-state index in [1.54, 1.807) is 24.3 Å². The van der Waals surface area contributed by atoms with Crippen LogP contribution in [0.5, 0.6) is 0 Å². The quantitative estimate of drug-likeness (QED) is 0.470. The van der Waals surface area contributed by atoms with E-state index < -0.39 is 22.8 Å². The molecule has 2 amide bonds. The summed E-state index contributed by atoms with van der Waals surface area (Å²) >= 11 is 0. The summed E-state index contributed by atoms with van der Waals surface area (Å²) in [6.07, 6.45) is -0.0823. The summed E-state index contributed by atoms with van der Waals surface area (Å²) in [5, 5.41) is 10.9. The molecule has 1 atom stereocenters.